The van der Waals surface area contributed by atoms with Crippen LogP contribution in [-0.2, 0) is 6.54 Å². The number of thiazole rings is 1. The van der Waals surface area contributed by atoms with Crippen LogP contribution in [0.1, 0.15) is 33.1 Å². The predicted molar refractivity (Wildman–Crippen MR) is 73.5 cm³/mol. The second-order valence-electron chi connectivity index (χ2n) is 4.01. The zero-order chi connectivity index (χ0) is 13.0. The Morgan fingerprint density at radius 2 is 2.39 bits per heavy atom. The van der Waals surface area contributed by atoms with E-state index in [0.29, 0.717) is 18.0 Å². The number of hydrogen-bond acceptors (Lipinski definition) is 5. The molecule has 2 N–H and O–H groups in total. The fourth-order valence-electron chi connectivity index (χ4n) is 1.56. The molecular weight excluding hydrogens is 268 g/mol. The average molecular weight is 282 g/mol. The number of hydrogen-bond donors (Lipinski definition) is 2. The van der Waals surface area contributed by atoms with E-state index in [1.54, 1.807) is 22.8 Å². The molecule has 0 fully saturated rings. The van der Waals surface area contributed by atoms with E-state index < -0.39 is 5.97 Å². The molecule has 0 bridgehead atoms. The summed E-state index contributed by atoms with van der Waals surface area (Å²) >= 11 is 3.13. The molecule has 2 aromatic rings. The SMILES string of the molecule is CC(CNCc1cc(C(=O)O)cs1)c1nccs1. The molecule has 0 amide bonds. The van der Waals surface area contributed by atoms with Crippen LogP contribution in [0.5, 0.6) is 0 Å². The lowest BCUT2D eigenvalue weighted by Crippen LogP contribution is -2.19. The molecule has 2 rings (SSSR count). The Morgan fingerprint density at radius 3 is 3.00 bits per heavy atom. The standard InChI is InChI=1S/C12H14N2O2S2/c1-8(11-14-2-3-17-11)5-13-6-10-4-9(7-18-10)12(15)16/h2-4,7-8,13H,5-6H2,1H3,(H,15,16). The van der Waals surface area contributed by atoms with Gasteiger partial charge in [0, 0.05) is 40.8 Å². The lowest BCUT2D eigenvalue weighted by atomic mass is 10.2. The fraction of sp³-hybridized carbons (Fsp3) is 0.333. The van der Waals surface area contributed by atoms with Gasteiger partial charge < -0.3 is 10.4 Å². The summed E-state index contributed by atoms with van der Waals surface area (Å²) in [7, 11) is 0. The van der Waals surface area contributed by atoms with Gasteiger partial charge in [-0.2, -0.15) is 0 Å². The zero-order valence-corrected chi connectivity index (χ0v) is 11.6. The van der Waals surface area contributed by atoms with Crippen molar-refractivity contribution < 1.29 is 9.90 Å². The van der Waals surface area contributed by atoms with Crippen molar-refractivity contribution >= 4 is 28.6 Å². The van der Waals surface area contributed by atoms with Crippen molar-refractivity contribution in [3.05, 3.63) is 38.5 Å². The van der Waals surface area contributed by atoms with Crippen molar-refractivity contribution in [3.63, 3.8) is 0 Å². The van der Waals surface area contributed by atoms with Crippen molar-refractivity contribution in [1.29, 1.82) is 0 Å². The van der Waals surface area contributed by atoms with Gasteiger partial charge in [0.1, 0.15) is 0 Å². The van der Waals surface area contributed by atoms with Gasteiger partial charge in [0.05, 0.1) is 10.6 Å². The van der Waals surface area contributed by atoms with Gasteiger partial charge in [-0.1, -0.05) is 6.92 Å². The summed E-state index contributed by atoms with van der Waals surface area (Å²) in [5, 5.41) is 16.9. The van der Waals surface area contributed by atoms with Gasteiger partial charge in [0.2, 0.25) is 0 Å². The van der Waals surface area contributed by atoms with Crippen LogP contribution >= 0.6 is 22.7 Å². The van der Waals surface area contributed by atoms with E-state index in [1.807, 2.05) is 11.6 Å². The summed E-state index contributed by atoms with van der Waals surface area (Å²) in [5.41, 5.74) is 0.366. The first-order chi connectivity index (χ1) is 8.66. The highest BCUT2D eigenvalue weighted by atomic mass is 32.1. The van der Waals surface area contributed by atoms with Crippen LogP contribution in [0.3, 0.4) is 0 Å². The molecule has 0 aromatic carbocycles. The number of aromatic carboxylic acids is 1. The Labute approximate surface area is 113 Å². The summed E-state index contributed by atoms with van der Waals surface area (Å²) < 4.78 is 0. The molecule has 96 valence electrons. The van der Waals surface area contributed by atoms with E-state index in [-0.39, 0.29) is 0 Å². The Kier molecular flexibility index (Phi) is 4.46. The highest BCUT2D eigenvalue weighted by Crippen LogP contribution is 2.18. The van der Waals surface area contributed by atoms with E-state index in [0.717, 1.165) is 16.4 Å². The smallest absolute Gasteiger partial charge is 0.336 e. The molecule has 4 nitrogen and oxygen atoms in total. The minimum atomic E-state index is -0.867. The molecule has 1 atom stereocenters. The summed E-state index contributed by atoms with van der Waals surface area (Å²) in [6, 6.07) is 1.72. The van der Waals surface area contributed by atoms with Crippen LogP contribution in [0, 0.1) is 0 Å². The van der Waals surface area contributed by atoms with Gasteiger partial charge in [-0.15, -0.1) is 22.7 Å². The molecule has 0 radical (unpaired) electrons. The predicted octanol–water partition coefficient (Wildman–Crippen LogP) is 2.80. The minimum absolute atomic E-state index is 0.366. The zero-order valence-electron chi connectivity index (χ0n) is 9.92. The van der Waals surface area contributed by atoms with Crippen molar-refractivity contribution in [2.75, 3.05) is 6.54 Å². The highest BCUT2D eigenvalue weighted by molar-refractivity contribution is 7.10. The Bertz CT molecular complexity index is 508. The van der Waals surface area contributed by atoms with Crippen molar-refractivity contribution in [3.8, 4) is 0 Å². The maximum atomic E-state index is 10.7. The quantitative estimate of drug-likeness (QED) is 0.855. The number of aromatic nitrogens is 1. The number of carbonyl (C=O) groups is 1. The molecule has 1 unspecified atom stereocenters. The maximum Gasteiger partial charge on any atom is 0.336 e. The second-order valence-corrected chi connectivity index (χ2v) is 5.93. The first-order valence-electron chi connectivity index (χ1n) is 5.57. The van der Waals surface area contributed by atoms with E-state index in [2.05, 4.69) is 17.2 Å². The molecule has 0 aliphatic rings. The largest absolute Gasteiger partial charge is 0.478 e. The minimum Gasteiger partial charge on any atom is -0.478 e. The molecule has 0 spiro atoms. The Morgan fingerprint density at radius 1 is 1.56 bits per heavy atom. The summed E-state index contributed by atoms with van der Waals surface area (Å²) in [4.78, 5) is 16.0. The molecule has 0 saturated heterocycles. The number of nitrogens with one attached hydrogen (secondary N) is 1. The molecule has 2 heterocycles. The van der Waals surface area contributed by atoms with Crippen LogP contribution in [0.15, 0.2) is 23.0 Å². The number of thiophene rings is 1. The van der Waals surface area contributed by atoms with Crippen LogP contribution < -0.4 is 5.32 Å². The molecule has 0 saturated carbocycles. The van der Waals surface area contributed by atoms with Crippen LogP contribution in [0.2, 0.25) is 0 Å². The fourth-order valence-corrected chi connectivity index (χ4v) is 3.09. The highest BCUT2D eigenvalue weighted by Gasteiger charge is 2.09. The van der Waals surface area contributed by atoms with Crippen LogP contribution in [0.25, 0.3) is 0 Å². The second kappa shape index (κ2) is 6.08. The average Bonchev–Trinajstić information content (AvgIpc) is 3.00. The molecule has 0 aliphatic heterocycles. The van der Waals surface area contributed by atoms with E-state index in [1.165, 1.54) is 11.3 Å². The Hall–Kier alpha value is -1.24. The molecular formula is C12H14N2O2S2. The van der Waals surface area contributed by atoms with Gasteiger partial charge in [-0.3, -0.25) is 0 Å². The van der Waals surface area contributed by atoms with Gasteiger partial charge in [0.25, 0.3) is 0 Å². The molecule has 0 aliphatic carbocycles. The van der Waals surface area contributed by atoms with Crippen molar-refractivity contribution in [2.24, 2.45) is 0 Å². The number of rotatable bonds is 6. The number of carboxylic acids is 1. The summed E-state index contributed by atoms with van der Waals surface area (Å²) in [6.45, 7) is 3.67. The third-order valence-electron chi connectivity index (χ3n) is 2.52. The van der Waals surface area contributed by atoms with E-state index in [9.17, 15) is 4.79 Å². The van der Waals surface area contributed by atoms with Gasteiger partial charge >= 0.3 is 5.97 Å². The van der Waals surface area contributed by atoms with E-state index >= 15 is 0 Å². The third-order valence-corrected chi connectivity index (χ3v) is 4.47. The molecule has 6 heteroatoms. The lowest BCUT2D eigenvalue weighted by Gasteiger charge is -2.08. The monoisotopic (exact) mass is 282 g/mol. The lowest BCUT2D eigenvalue weighted by molar-refractivity contribution is 0.0697. The normalized spacial score (nSPS) is 12.5. The topological polar surface area (TPSA) is 62.2 Å². The van der Waals surface area contributed by atoms with Crippen molar-refractivity contribution in [1.82, 2.24) is 10.3 Å². The van der Waals surface area contributed by atoms with Gasteiger partial charge in [-0.25, -0.2) is 9.78 Å². The van der Waals surface area contributed by atoms with Gasteiger partial charge in [-0.05, 0) is 6.07 Å². The maximum absolute atomic E-state index is 10.7. The van der Waals surface area contributed by atoms with Crippen molar-refractivity contribution in [2.45, 2.75) is 19.4 Å². The van der Waals surface area contributed by atoms with Gasteiger partial charge in [0.15, 0.2) is 0 Å². The Balaban J connectivity index is 1.79. The molecule has 18 heavy (non-hydrogen) atoms. The molecule has 2 aromatic heterocycles. The van der Waals surface area contributed by atoms with Crippen LogP contribution in [-0.4, -0.2) is 22.6 Å². The summed E-state index contributed by atoms with van der Waals surface area (Å²) in [6.07, 6.45) is 1.81. The number of nitrogens with zero attached hydrogens (tertiary/aromatic N) is 1. The van der Waals surface area contributed by atoms with Crippen LogP contribution in [0.4, 0.5) is 0 Å². The first-order valence-corrected chi connectivity index (χ1v) is 7.33. The number of carboxylic acid groups (broad SMARTS) is 1. The summed E-state index contributed by atoms with van der Waals surface area (Å²) in [5.74, 6) is -0.488. The first kappa shape index (κ1) is 13.2. The third kappa shape index (κ3) is 3.38. The van der Waals surface area contributed by atoms with E-state index in [4.69, 9.17) is 5.11 Å².